The van der Waals surface area contributed by atoms with Gasteiger partial charge in [-0.1, -0.05) is 11.2 Å². The Labute approximate surface area is 136 Å². The van der Waals surface area contributed by atoms with Gasteiger partial charge in [-0.2, -0.15) is 0 Å². The summed E-state index contributed by atoms with van der Waals surface area (Å²) in [7, 11) is -3.48. The van der Waals surface area contributed by atoms with Crippen LogP contribution in [0, 0.1) is 6.92 Å². The molecule has 3 heterocycles. The van der Waals surface area contributed by atoms with Crippen molar-refractivity contribution in [2.75, 3.05) is 6.54 Å². The van der Waals surface area contributed by atoms with E-state index in [0.717, 1.165) is 15.4 Å². The monoisotopic (exact) mass is 354 g/mol. The minimum absolute atomic E-state index is 0.280. The zero-order chi connectivity index (χ0) is 15.6. The summed E-state index contributed by atoms with van der Waals surface area (Å²) >= 11 is 2.79. The first-order chi connectivity index (χ1) is 10.5. The van der Waals surface area contributed by atoms with E-state index in [1.54, 1.807) is 29.5 Å². The van der Waals surface area contributed by atoms with Crippen molar-refractivity contribution in [3.8, 4) is 10.6 Å². The maximum Gasteiger partial charge on any atom is 0.250 e. The van der Waals surface area contributed by atoms with Crippen molar-refractivity contribution in [1.29, 1.82) is 0 Å². The average molecular weight is 354 g/mol. The fourth-order valence-corrected chi connectivity index (χ4v) is 4.95. The summed E-state index contributed by atoms with van der Waals surface area (Å²) in [6.45, 7) is 2.21. The molecular weight excluding hydrogens is 340 g/mol. The molecule has 0 aromatic carbocycles. The minimum atomic E-state index is -3.48. The molecule has 3 rings (SSSR count). The largest absolute Gasteiger partial charge is 0.355 e. The summed E-state index contributed by atoms with van der Waals surface area (Å²) in [5, 5.41) is 5.79. The number of hydrogen-bond donors (Lipinski definition) is 1. The third kappa shape index (κ3) is 3.46. The fraction of sp³-hybridized carbons (Fsp3) is 0.214. The van der Waals surface area contributed by atoms with Crippen molar-refractivity contribution in [1.82, 2.24) is 9.88 Å². The lowest BCUT2D eigenvalue weighted by Gasteiger charge is -2.03. The third-order valence-corrected chi connectivity index (χ3v) is 6.95. The van der Waals surface area contributed by atoms with E-state index < -0.39 is 10.0 Å². The Morgan fingerprint density at radius 1 is 1.32 bits per heavy atom. The van der Waals surface area contributed by atoms with Crippen LogP contribution in [0.4, 0.5) is 0 Å². The molecule has 0 aliphatic heterocycles. The van der Waals surface area contributed by atoms with Crippen LogP contribution in [0.1, 0.15) is 10.6 Å². The molecule has 0 atom stereocenters. The lowest BCUT2D eigenvalue weighted by Crippen LogP contribution is -2.25. The van der Waals surface area contributed by atoms with Gasteiger partial charge in [0.05, 0.1) is 10.6 Å². The summed E-state index contributed by atoms with van der Waals surface area (Å²) < 4.78 is 32.6. The Kier molecular flexibility index (Phi) is 4.44. The molecule has 0 unspecified atom stereocenters. The first-order valence-corrected chi connectivity index (χ1v) is 9.78. The van der Waals surface area contributed by atoms with E-state index in [4.69, 9.17) is 4.52 Å². The zero-order valence-electron chi connectivity index (χ0n) is 11.8. The molecule has 3 aromatic rings. The molecule has 0 fully saturated rings. The van der Waals surface area contributed by atoms with Crippen LogP contribution in [0.3, 0.4) is 0 Å². The van der Waals surface area contributed by atoms with E-state index >= 15 is 0 Å². The van der Waals surface area contributed by atoms with Crippen LogP contribution >= 0.6 is 22.7 Å². The molecule has 5 nitrogen and oxygen atoms in total. The fourth-order valence-electron chi connectivity index (χ4n) is 1.91. The lowest BCUT2D eigenvalue weighted by molar-refractivity contribution is 0.428. The predicted molar refractivity (Wildman–Crippen MR) is 87.8 cm³/mol. The summed E-state index contributed by atoms with van der Waals surface area (Å²) in [5.74, 6) is 0.586. The van der Waals surface area contributed by atoms with Crippen molar-refractivity contribution >= 4 is 32.7 Å². The minimum Gasteiger partial charge on any atom is -0.355 e. The summed E-state index contributed by atoms with van der Waals surface area (Å²) in [6.07, 6.45) is 0.691. The number of aryl methyl sites for hydroxylation is 1. The molecule has 0 saturated heterocycles. The Bertz CT molecular complexity index is 848. The summed E-state index contributed by atoms with van der Waals surface area (Å²) in [5.41, 5.74) is 0.766. The normalized spacial score (nSPS) is 11.9. The van der Waals surface area contributed by atoms with E-state index in [-0.39, 0.29) is 4.21 Å². The van der Waals surface area contributed by atoms with Gasteiger partial charge >= 0.3 is 0 Å². The second-order valence-electron chi connectivity index (χ2n) is 4.68. The Balaban J connectivity index is 1.68. The van der Waals surface area contributed by atoms with Crippen LogP contribution in [0.5, 0.6) is 0 Å². The van der Waals surface area contributed by atoms with Crippen LogP contribution in [0.2, 0.25) is 0 Å². The van der Waals surface area contributed by atoms with Gasteiger partial charge in [-0.3, -0.25) is 0 Å². The molecule has 22 heavy (non-hydrogen) atoms. The highest BCUT2D eigenvalue weighted by Crippen LogP contribution is 2.30. The number of aromatic nitrogens is 1. The molecule has 0 aliphatic carbocycles. The molecule has 0 amide bonds. The molecule has 1 N–H and O–H groups in total. The Morgan fingerprint density at radius 3 is 2.86 bits per heavy atom. The lowest BCUT2D eigenvalue weighted by atomic mass is 10.3. The van der Waals surface area contributed by atoms with Gasteiger partial charge in [0.25, 0.3) is 0 Å². The standard InChI is InChI=1S/C14H14N2O3S3/c1-10-9-12(19-16-10)13-4-5-14(21-13)22(17,18)15-7-6-11-3-2-8-20-11/h2-5,8-9,15H,6-7H2,1H3. The van der Waals surface area contributed by atoms with E-state index in [1.165, 1.54) is 11.3 Å². The van der Waals surface area contributed by atoms with Gasteiger partial charge in [0.2, 0.25) is 10.0 Å². The van der Waals surface area contributed by atoms with Gasteiger partial charge in [-0.05, 0) is 36.9 Å². The Hall–Kier alpha value is -1.48. The van der Waals surface area contributed by atoms with Gasteiger partial charge in [0.15, 0.2) is 5.76 Å². The smallest absolute Gasteiger partial charge is 0.250 e. The van der Waals surface area contributed by atoms with Crippen LogP contribution in [-0.2, 0) is 16.4 Å². The van der Waals surface area contributed by atoms with Crippen LogP contribution in [0.15, 0.2) is 44.4 Å². The van der Waals surface area contributed by atoms with Crippen molar-refractivity contribution in [2.24, 2.45) is 0 Å². The van der Waals surface area contributed by atoms with E-state index in [1.807, 2.05) is 24.4 Å². The summed E-state index contributed by atoms with van der Waals surface area (Å²) in [4.78, 5) is 1.91. The van der Waals surface area contributed by atoms with Crippen LogP contribution in [0.25, 0.3) is 10.6 Å². The molecule has 8 heteroatoms. The van der Waals surface area contributed by atoms with Crippen molar-refractivity contribution in [3.63, 3.8) is 0 Å². The molecule has 0 saturated carbocycles. The van der Waals surface area contributed by atoms with E-state index in [2.05, 4.69) is 9.88 Å². The highest BCUT2D eigenvalue weighted by molar-refractivity contribution is 7.91. The maximum atomic E-state index is 12.3. The molecule has 0 bridgehead atoms. The highest BCUT2D eigenvalue weighted by atomic mass is 32.2. The van der Waals surface area contributed by atoms with Crippen molar-refractivity contribution in [2.45, 2.75) is 17.6 Å². The average Bonchev–Trinajstić information content (AvgIpc) is 3.18. The third-order valence-electron chi connectivity index (χ3n) is 2.96. The van der Waals surface area contributed by atoms with Gasteiger partial charge in [0, 0.05) is 17.5 Å². The van der Waals surface area contributed by atoms with Crippen molar-refractivity contribution in [3.05, 3.63) is 46.3 Å². The number of thiophene rings is 2. The molecule has 116 valence electrons. The topological polar surface area (TPSA) is 72.2 Å². The first-order valence-electron chi connectivity index (χ1n) is 6.60. The predicted octanol–water partition coefficient (Wildman–Crippen LogP) is 3.29. The highest BCUT2D eigenvalue weighted by Gasteiger charge is 2.18. The number of rotatable bonds is 6. The van der Waals surface area contributed by atoms with E-state index in [9.17, 15) is 8.42 Å². The van der Waals surface area contributed by atoms with Crippen LogP contribution < -0.4 is 4.72 Å². The SMILES string of the molecule is Cc1cc(-c2ccc(S(=O)(=O)NCCc3cccs3)s2)on1. The zero-order valence-corrected chi connectivity index (χ0v) is 14.2. The second kappa shape index (κ2) is 6.33. The maximum absolute atomic E-state index is 12.3. The van der Waals surface area contributed by atoms with Gasteiger partial charge < -0.3 is 4.52 Å². The van der Waals surface area contributed by atoms with Gasteiger partial charge in [-0.25, -0.2) is 13.1 Å². The molecule has 0 spiro atoms. The molecule has 0 aliphatic rings. The van der Waals surface area contributed by atoms with E-state index in [0.29, 0.717) is 18.7 Å². The number of nitrogens with one attached hydrogen (secondary N) is 1. The number of sulfonamides is 1. The summed E-state index contributed by atoms with van der Waals surface area (Å²) in [6, 6.07) is 9.06. The molecular formula is C14H14N2O3S3. The number of nitrogens with zero attached hydrogens (tertiary/aromatic N) is 1. The molecule has 0 radical (unpaired) electrons. The van der Waals surface area contributed by atoms with Gasteiger partial charge in [-0.15, -0.1) is 22.7 Å². The quantitative estimate of drug-likeness (QED) is 0.737. The molecule has 3 aromatic heterocycles. The van der Waals surface area contributed by atoms with Crippen LogP contribution in [-0.4, -0.2) is 20.1 Å². The number of hydrogen-bond acceptors (Lipinski definition) is 6. The first kappa shape index (κ1) is 15.4. The van der Waals surface area contributed by atoms with Crippen molar-refractivity contribution < 1.29 is 12.9 Å². The Morgan fingerprint density at radius 2 is 2.18 bits per heavy atom. The van der Waals surface area contributed by atoms with Gasteiger partial charge in [0.1, 0.15) is 4.21 Å². The second-order valence-corrected chi connectivity index (χ2v) is 8.79.